The van der Waals surface area contributed by atoms with Crippen LogP contribution in [0.25, 0.3) is 11.3 Å². The second-order valence-electron chi connectivity index (χ2n) is 7.61. The van der Waals surface area contributed by atoms with Crippen LogP contribution < -0.4 is 4.90 Å². The van der Waals surface area contributed by atoms with Crippen LogP contribution in [-0.2, 0) is 6.18 Å². The number of amides is 1. The fourth-order valence-electron chi connectivity index (χ4n) is 3.55. The zero-order valence-corrected chi connectivity index (χ0v) is 17.2. The van der Waals surface area contributed by atoms with Gasteiger partial charge in [0.05, 0.1) is 40.3 Å². The van der Waals surface area contributed by atoms with Crippen LogP contribution in [0.5, 0.6) is 0 Å². The van der Waals surface area contributed by atoms with Crippen LogP contribution in [0.2, 0.25) is 5.02 Å². The molecule has 0 unspecified atom stereocenters. The standard InChI is InChI=1S/C20H19ClF3N5O/c1-10(2)18-25-8-16(27-18)13-7-26-29-11(3)9-28(19(30)17(13)29)12-4-5-14(15(21)6-12)20(22,23)24/h4-8,10-11H,9H2,1-3H3,(H,25,27)/t11-/m0/s1. The van der Waals surface area contributed by atoms with Crippen LogP contribution in [0.4, 0.5) is 18.9 Å². The molecule has 0 fully saturated rings. The number of hydrogen-bond donors (Lipinski definition) is 1. The molecule has 1 atom stereocenters. The third-order valence-electron chi connectivity index (χ3n) is 5.11. The number of benzene rings is 1. The fraction of sp³-hybridized carbons (Fsp3) is 0.350. The number of aromatic nitrogens is 4. The third kappa shape index (κ3) is 3.36. The molecule has 0 saturated heterocycles. The van der Waals surface area contributed by atoms with Crippen LogP contribution in [-0.4, -0.2) is 32.2 Å². The minimum absolute atomic E-state index is 0.181. The summed E-state index contributed by atoms with van der Waals surface area (Å²) >= 11 is 5.87. The molecule has 0 aliphatic carbocycles. The molecule has 10 heteroatoms. The van der Waals surface area contributed by atoms with Gasteiger partial charge in [-0.2, -0.15) is 18.3 Å². The van der Waals surface area contributed by atoms with Crippen molar-refractivity contribution in [2.45, 2.75) is 38.9 Å². The van der Waals surface area contributed by atoms with Crippen molar-refractivity contribution in [3.8, 4) is 11.3 Å². The highest BCUT2D eigenvalue weighted by molar-refractivity contribution is 6.31. The van der Waals surface area contributed by atoms with Crippen LogP contribution in [0.15, 0.2) is 30.6 Å². The van der Waals surface area contributed by atoms with Crippen LogP contribution in [0, 0.1) is 0 Å². The summed E-state index contributed by atoms with van der Waals surface area (Å²) in [6, 6.07) is 3.15. The number of carbonyl (C=O) groups excluding carboxylic acids is 1. The fourth-order valence-corrected chi connectivity index (χ4v) is 3.83. The highest BCUT2D eigenvalue weighted by Crippen LogP contribution is 2.38. The zero-order valence-electron chi connectivity index (χ0n) is 16.5. The van der Waals surface area contributed by atoms with Crippen LogP contribution in [0.1, 0.15) is 54.6 Å². The van der Waals surface area contributed by atoms with E-state index in [0.717, 1.165) is 11.9 Å². The molecule has 3 heterocycles. The smallest absolute Gasteiger partial charge is 0.342 e. The molecule has 4 rings (SSSR count). The first-order chi connectivity index (χ1) is 14.1. The Morgan fingerprint density at radius 2 is 2.00 bits per heavy atom. The number of carbonyl (C=O) groups is 1. The minimum atomic E-state index is -4.56. The van der Waals surface area contributed by atoms with E-state index in [1.807, 2.05) is 20.8 Å². The Kier molecular flexibility index (Phi) is 4.88. The van der Waals surface area contributed by atoms with E-state index >= 15 is 0 Å². The van der Waals surface area contributed by atoms with Gasteiger partial charge in [0.25, 0.3) is 5.91 Å². The summed E-state index contributed by atoms with van der Waals surface area (Å²) in [6.45, 7) is 6.14. The van der Waals surface area contributed by atoms with Crippen molar-refractivity contribution in [2.75, 3.05) is 11.4 Å². The first-order valence-electron chi connectivity index (χ1n) is 9.39. The predicted octanol–water partition coefficient (Wildman–Crippen LogP) is 5.29. The van der Waals surface area contributed by atoms with Crippen molar-refractivity contribution in [1.29, 1.82) is 0 Å². The summed E-state index contributed by atoms with van der Waals surface area (Å²) in [5, 5.41) is 3.91. The van der Waals surface area contributed by atoms with Crippen molar-refractivity contribution >= 4 is 23.2 Å². The number of anilines is 1. The number of rotatable bonds is 3. The molecule has 158 valence electrons. The Balaban J connectivity index is 1.75. The third-order valence-corrected chi connectivity index (χ3v) is 5.42. The van der Waals surface area contributed by atoms with Gasteiger partial charge in [-0.15, -0.1) is 0 Å². The van der Waals surface area contributed by atoms with E-state index in [9.17, 15) is 18.0 Å². The number of imidazole rings is 1. The number of alkyl halides is 3. The Labute approximate surface area is 175 Å². The molecule has 3 aromatic rings. The largest absolute Gasteiger partial charge is 0.417 e. The van der Waals surface area contributed by atoms with Crippen molar-refractivity contribution in [2.24, 2.45) is 0 Å². The summed E-state index contributed by atoms with van der Waals surface area (Å²) in [6.07, 6.45) is -1.31. The molecule has 1 aliphatic rings. The predicted molar refractivity (Wildman–Crippen MR) is 107 cm³/mol. The molecule has 6 nitrogen and oxygen atoms in total. The first kappa shape index (κ1) is 20.5. The maximum atomic E-state index is 13.3. The second-order valence-corrected chi connectivity index (χ2v) is 8.02. The number of fused-ring (bicyclic) bond motifs is 1. The summed E-state index contributed by atoms with van der Waals surface area (Å²) in [4.78, 5) is 22.3. The average molecular weight is 438 g/mol. The lowest BCUT2D eigenvalue weighted by molar-refractivity contribution is -0.137. The second kappa shape index (κ2) is 7.16. The van der Waals surface area contributed by atoms with Gasteiger partial charge in [-0.05, 0) is 25.1 Å². The molecule has 0 spiro atoms. The van der Waals surface area contributed by atoms with Crippen LogP contribution >= 0.6 is 11.6 Å². The number of hydrogen-bond acceptors (Lipinski definition) is 3. The molecular weight excluding hydrogens is 419 g/mol. The number of nitrogens with one attached hydrogen (secondary N) is 1. The van der Waals surface area contributed by atoms with E-state index in [2.05, 4.69) is 15.1 Å². The minimum Gasteiger partial charge on any atom is -0.342 e. The number of aromatic amines is 1. The molecule has 0 bridgehead atoms. The van der Waals surface area contributed by atoms with Gasteiger partial charge in [0.2, 0.25) is 0 Å². The van der Waals surface area contributed by atoms with E-state index in [4.69, 9.17) is 11.6 Å². The Morgan fingerprint density at radius 1 is 1.27 bits per heavy atom. The average Bonchev–Trinajstić information content (AvgIpc) is 3.30. The number of nitrogens with zero attached hydrogens (tertiary/aromatic N) is 4. The van der Waals surface area contributed by atoms with Gasteiger partial charge in [0.15, 0.2) is 0 Å². The van der Waals surface area contributed by atoms with Crippen LogP contribution in [0.3, 0.4) is 0 Å². The van der Waals surface area contributed by atoms with Crippen molar-refractivity contribution in [1.82, 2.24) is 19.7 Å². The van der Waals surface area contributed by atoms with Crippen molar-refractivity contribution in [3.05, 3.63) is 52.7 Å². The Bertz CT molecular complexity index is 1120. The molecule has 1 amide bonds. The van der Waals surface area contributed by atoms with Gasteiger partial charge in [0, 0.05) is 18.2 Å². The monoisotopic (exact) mass is 437 g/mol. The van der Waals surface area contributed by atoms with E-state index < -0.39 is 16.8 Å². The molecule has 1 N–H and O–H groups in total. The summed E-state index contributed by atoms with van der Waals surface area (Å²) in [5.41, 5.74) is 0.969. The van der Waals surface area contributed by atoms with E-state index in [0.29, 0.717) is 22.6 Å². The van der Waals surface area contributed by atoms with Gasteiger partial charge in [-0.1, -0.05) is 25.4 Å². The number of H-pyrrole nitrogens is 1. The van der Waals surface area contributed by atoms with Gasteiger partial charge < -0.3 is 9.88 Å². The van der Waals surface area contributed by atoms with Gasteiger partial charge in [-0.25, -0.2) is 4.98 Å². The van der Waals surface area contributed by atoms with Gasteiger partial charge in [0.1, 0.15) is 11.5 Å². The van der Waals surface area contributed by atoms with E-state index in [1.165, 1.54) is 17.0 Å². The van der Waals surface area contributed by atoms with Crippen molar-refractivity contribution in [3.63, 3.8) is 0 Å². The molecule has 2 aromatic heterocycles. The Hall–Kier alpha value is -2.81. The maximum Gasteiger partial charge on any atom is 0.417 e. The molecule has 0 radical (unpaired) electrons. The highest BCUT2D eigenvalue weighted by Gasteiger charge is 2.36. The zero-order chi connectivity index (χ0) is 21.8. The lowest BCUT2D eigenvalue weighted by Gasteiger charge is -2.32. The highest BCUT2D eigenvalue weighted by atomic mass is 35.5. The van der Waals surface area contributed by atoms with Crippen molar-refractivity contribution < 1.29 is 18.0 Å². The molecular formula is C20H19ClF3N5O. The Morgan fingerprint density at radius 3 is 2.60 bits per heavy atom. The normalized spacial score (nSPS) is 17.0. The lowest BCUT2D eigenvalue weighted by atomic mass is 10.1. The first-order valence-corrected chi connectivity index (χ1v) is 9.77. The molecule has 1 aromatic carbocycles. The molecule has 1 aliphatic heterocycles. The SMILES string of the molecule is CC(C)c1ncc(-c2cnn3c2C(=O)N(c2ccc(C(F)(F)F)c(Cl)c2)C[C@@H]3C)[nH]1. The topological polar surface area (TPSA) is 66.8 Å². The van der Waals surface area contributed by atoms with Gasteiger partial charge >= 0.3 is 6.18 Å². The van der Waals surface area contributed by atoms with E-state index in [1.54, 1.807) is 17.1 Å². The maximum absolute atomic E-state index is 13.3. The quantitative estimate of drug-likeness (QED) is 0.605. The summed E-state index contributed by atoms with van der Waals surface area (Å²) < 4.78 is 40.7. The molecule has 0 saturated carbocycles. The lowest BCUT2D eigenvalue weighted by Crippen LogP contribution is -2.42. The summed E-state index contributed by atoms with van der Waals surface area (Å²) in [5.74, 6) is 0.607. The number of halogens is 4. The summed E-state index contributed by atoms with van der Waals surface area (Å²) in [7, 11) is 0. The van der Waals surface area contributed by atoms with Gasteiger partial charge in [-0.3, -0.25) is 9.48 Å². The van der Waals surface area contributed by atoms with E-state index in [-0.39, 0.29) is 24.4 Å². The molecule has 30 heavy (non-hydrogen) atoms.